The Morgan fingerprint density at radius 1 is 0.971 bits per heavy atom. The first-order chi connectivity index (χ1) is 16.7. The average Bonchev–Trinajstić information content (AvgIpc) is 3.18. The van der Waals surface area contributed by atoms with Crippen LogP contribution in [0.1, 0.15) is 96.3 Å². The largest absolute Gasteiger partial charge is 0.390 e. The summed E-state index contributed by atoms with van der Waals surface area (Å²) in [7, 11) is -4.33. The van der Waals surface area contributed by atoms with Crippen LogP contribution in [0.15, 0.2) is 17.6 Å². The number of quaternary nitrogens is 1. The summed E-state index contributed by atoms with van der Waals surface area (Å²) in [5.74, 6) is -0.579. The number of hydrogen-bond acceptors (Lipinski definition) is 6. The summed E-state index contributed by atoms with van der Waals surface area (Å²) in [6.07, 6.45) is 18.0. The molecule has 0 saturated carbocycles. The van der Waals surface area contributed by atoms with Gasteiger partial charge in [-0.05, 0) is 19.3 Å². The molecule has 0 amide bonds. The van der Waals surface area contributed by atoms with Gasteiger partial charge in [0, 0.05) is 6.42 Å². The summed E-state index contributed by atoms with van der Waals surface area (Å²) in [6.45, 7) is 4.49. The number of carbonyl (C=O) groups is 1. The van der Waals surface area contributed by atoms with Gasteiger partial charge < -0.3 is 10.2 Å². The number of aliphatic hydroxyl groups excluding tert-OH is 2. The molecule has 0 aromatic carbocycles. The van der Waals surface area contributed by atoms with Gasteiger partial charge in [0.15, 0.2) is 0 Å². The molecule has 0 spiro atoms. The molecule has 0 aromatic rings. The highest BCUT2D eigenvalue weighted by molar-refractivity contribution is 7.85. The van der Waals surface area contributed by atoms with Crippen LogP contribution in [0.5, 0.6) is 0 Å². The number of carbonyl (C=O) groups excluding carboxylic acids is 1. The first-order valence-electron chi connectivity index (χ1n) is 13.5. The molecule has 2 atom stereocenters. The zero-order valence-corrected chi connectivity index (χ0v) is 22.4. The van der Waals surface area contributed by atoms with Gasteiger partial charge in [-0.3, -0.25) is 13.8 Å². The predicted octanol–water partition coefficient (Wildman–Crippen LogP) is 4.06. The van der Waals surface area contributed by atoms with Crippen LogP contribution >= 0.6 is 0 Å². The minimum absolute atomic E-state index is 0.0269. The third-order valence-corrected chi connectivity index (χ3v) is 7.60. The van der Waals surface area contributed by atoms with Crippen molar-refractivity contribution in [2.45, 2.75) is 102 Å². The van der Waals surface area contributed by atoms with Crippen molar-refractivity contribution < 1.29 is 32.5 Å². The lowest BCUT2D eigenvalue weighted by Crippen LogP contribution is -2.59. The van der Waals surface area contributed by atoms with E-state index in [0.29, 0.717) is 25.3 Å². The molecule has 2 unspecified atom stereocenters. The van der Waals surface area contributed by atoms with Gasteiger partial charge in [0.1, 0.15) is 31.5 Å². The SMILES string of the molecule is C=CCCCCCCCCCCCCCCCC(=O)C1=NCC[N+]1(CCO)CC(O)CS(=O)(=O)O. The van der Waals surface area contributed by atoms with Crippen LogP contribution in [-0.4, -0.2) is 83.9 Å². The monoisotopic (exact) mass is 517 g/mol. The van der Waals surface area contributed by atoms with Crippen LogP contribution in [-0.2, 0) is 14.9 Å². The van der Waals surface area contributed by atoms with Crippen molar-refractivity contribution in [3.63, 3.8) is 0 Å². The number of allylic oxidation sites excluding steroid dienone is 1. The Hall–Kier alpha value is -1.13. The molecule has 1 heterocycles. The van der Waals surface area contributed by atoms with Crippen LogP contribution < -0.4 is 0 Å². The number of Topliss-reactive ketones (excluding diaryl/α,β-unsaturated/α-hetero) is 1. The highest BCUT2D eigenvalue weighted by Crippen LogP contribution is 2.20. The minimum Gasteiger partial charge on any atom is -0.390 e. The highest BCUT2D eigenvalue weighted by atomic mass is 32.2. The van der Waals surface area contributed by atoms with E-state index in [1.807, 2.05) is 6.08 Å². The number of rotatable bonds is 23. The third kappa shape index (κ3) is 14.3. The highest BCUT2D eigenvalue weighted by Gasteiger charge is 2.43. The van der Waals surface area contributed by atoms with Gasteiger partial charge >= 0.3 is 0 Å². The third-order valence-electron chi connectivity index (χ3n) is 6.79. The zero-order valence-electron chi connectivity index (χ0n) is 21.6. The summed E-state index contributed by atoms with van der Waals surface area (Å²) in [5.41, 5.74) is 0. The first-order valence-corrected chi connectivity index (χ1v) is 15.1. The van der Waals surface area contributed by atoms with E-state index in [1.54, 1.807) is 0 Å². The molecular formula is C26H49N2O6S+. The fourth-order valence-electron chi connectivity index (χ4n) is 4.96. The fourth-order valence-corrected chi connectivity index (χ4v) is 5.56. The quantitative estimate of drug-likeness (QED) is 0.0812. The van der Waals surface area contributed by atoms with E-state index in [1.165, 1.54) is 64.2 Å². The lowest BCUT2D eigenvalue weighted by Gasteiger charge is -2.34. The van der Waals surface area contributed by atoms with Crippen molar-refractivity contribution in [3.05, 3.63) is 12.7 Å². The Morgan fingerprint density at radius 3 is 1.97 bits per heavy atom. The number of aliphatic imine (C=N–C) groups is 1. The van der Waals surface area contributed by atoms with Gasteiger partial charge in [0.2, 0.25) is 5.78 Å². The van der Waals surface area contributed by atoms with E-state index in [-0.39, 0.29) is 30.0 Å². The van der Waals surface area contributed by atoms with Crippen LogP contribution in [0.2, 0.25) is 0 Å². The molecule has 3 N–H and O–H groups in total. The molecule has 1 rings (SSSR count). The molecule has 1 aliphatic heterocycles. The number of hydrogen-bond donors (Lipinski definition) is 3. The number of nitrogens with zero attached hydrogens (tertiary/aromatic N) is 2. The van der Waals surface area contributed by atoms with Gasteiger partial charge in [-0.1, -0.05) is 76.7 Å². The van der Waals surface area contributed by atoms with Gasteiger partial charge in [-0.25, -0.2) is 4.99 Å². The molecule has 0 saturated heterocycles. The van der Waals surface area contributed by atoms with Crippen molar-refractivity contribution in [2.75, 3.05) is 38.5 Å². The van der Waals surface area contributed by atoms with Crippen molar-refractivity contribution in [1.82, 2.24) is 0 Å². The Kier molecular flexibility index (Phi) is 16.6. The minimum atomic E-state index is -4.33. The topological polar surface area (TPSA) is 124 Å². The molecule has 0 bridgehead atoms. The van der Waals surface area contributed by atoms with Gasteiger partial charge in [0.25, 0.3) is 16.0 Å². The summed E-state index contributed by atoms with van der Waals surface area (Å²) < 4.78 is 31.2. The fraction of sp³-hybridized carbons (Fsp3) is 0.846. The second-order valence-electron chi connectivity index (χ2n) is 9.95. The lowest BCUT2D eigenvalue weighted by atomic mass is 10.0. The Balaban J connectivity index is 2.21. The molecule has 204 valence electrons. The molecule has 35 heavy (non-hydrogen) atoms. The number of ketones is 1. The summed E-state index contributed by atoms with van der Waals surface area (Å²) in [4.78, 5) is 17.2. The van der Waals surface area contributed by atoms with Crippen molar-refractivity contribution in [1.29, 1.82) is 0 Å². The molecule has 9 heteroatoms. The summed E-state index contributed by atoms with van der Waals surface area (Å²) >= 11 is 0. The zero-order chi connectivity index (χ0) is 26.0. The number of amidine groups is 1. The van der Waals surface area contributed by atoms with E-state index >= 15 is 0 Å². The van der Waals surface area contributed by atoms with E-state index in [4.69, 9.17) is 4.55 Å². The second kappa shape index (κ2) is 18.2. The number of unbranched alkanes of at least 4 members (excludes halogenated alkanes) is 13. The van der Waals surface area contributed by atoms with Crippen molar-refractivity contribution >= 4 is 21.7 Å². The molecule has 0 radical (unpaired) electrons. The smallest absolute Gasteiger partial charge is 0.267 e. The van der Waals surface area contributed by atoms with Crippen LogP contribution in [0.4, 0.5) is 0 Å². The second-order valence-corrected chi connectivity index (χ2v) is 11.5. The standard InChI is InChI=1S/C26H48N2O6S/c1-2-3-4-5-6-7-8-9-10-11-12-13-14-15-16-17-25(31)26-27-18-19-28(26,20-21-29)22-24(30)23-35(32,33)34/h2,24,29-30H,1,3-23H2/p+1. The Labute approximate surface area is 212 Å². The van der Waals surface area contributed by atoms with Crippen LogP contribution in [0.3, 0.4) is 0 Å². The Morgan fingerprint density at radius 2 is 1.49 bits per heavy atom. The van der Waals surface area contributed by atoms with E-state index < -0.39 is 22.0 Å². The molecule has 0 aliphatic carbocycles. The van der Waals surface area contributed by atoms with E-state index in [9.17, 15) is 23.4 Å². The molecule has 1 aliphatic rings. The van der Waals surface area contributed by atoms with Crippen molar-refractivity contribution in [2.24, 2.45) is 4.99 Å². The maximum atomic E-state index is 12.9. The van der Waals surface area contributed by atoms with Gasteiger partial charge in [-0.2, -0.15) is 8.42 Å². The number of aliphatic hydroxyl groups is 2. The lowest BCUT2D eigenvalue weighted by molar-refractivity contribution is -0.837. The van der Waals surface area contributed by atoms with Crippen LogP contribution in [0.25, 0.3) is 0 Å². The molecule has 8 nitrogen and oxygen atoms in total. The predicted molar refractivity (Wildman–Crippen MR) is 141 cm³/mol. The molecule has 0 aromatic heterocycles. The molecule has 0 fully saturated rings. The van der Waals surface area contributed by atoms with Crippen LogP contribution in [0, 0.1) is 0 Å². The van der Waals surface area contributed by atoms with Gasteiger partial charge in [0.05, 0.1) is 13.2 Å². The summed E-state index contributed by atoms with van der Waals surface area (Å²) in [6, 6.07) is 0. The molecular weight excluding hydrogens is 468 g/mol. The Bertz CT molecular complexity index is 740. The summed E-state index contributed by atoms with van der Waals surface area (Å²) in [5, 5.41) is 19.7. The van der Waals surface area contributed by atoms with E-state index in [2.05, 4.69) is 11.6 Å². The maximum Gasteiger partial charge on any atom is 0.267 e. The first kappa shape index (κ1) is 31.9. The van der Waals surface area contributed by atoms with Crippen molar-refractivity contribution in [3.8, 4) is 0 Å². The van der Waals surface area contributed by atoms with E-state index in [0.717, 1.165) is 25.7 Å². The maximum absolute atomic E-state index is 12.9. The van der Waals surface area contributed by atoms with Gasteiger partial charge in [-0.15, -0.1) is 6.58 Å². The average molecular weight is 518 g/mol. The normalized spacial score (nSPS) is 19.0.